The molecule has 2 rings (SSSR count). The van der Waals surface area contributed by atoms with Crippen molar-refractivity contribution in [3.8, 4) is 0 Å². The predicted molar refractivity (Wildman–Crippen MR) is 55.4 cm³/mol. The van der Waals surface area contributed by atoms with E-state index in [1.807, 2.05) is 0 Å². The van der Waals surface area contributed by atoms with Gasteiger partial charge in [-0.15, -0.1) is 0 Å². The van der Waals surface area contributed by atoms with Gasteiger partial charge in [-0.25, -0.2) is 0 Å². The molecule has 0 aromatic carbocycles. The number of piperidine rings is 1. The van der Waals surface area contributed by atoms with Gasteiger partial charge >= 0.3 is 0 Å². The zero-order chi connectivity index (χ0) is 11.7. The van der Waals surface area contributed by atoms with Crippen molar-refractivity contribution < 1.29 is 19.4 Å². The standard InChI is InChI=1S/C11H17NO4/c1-16-6-9(13)5-12-10(14)7-2-3-8(4-7)11(12)15/h7-9,13H,2-6H2,1H3. The molecule has 1 heterocycles. The van der Waals surface area contributed by atoms with Crippen LogP contribution in [0.4, 0.5) is 0 Å². The molecule has 5 heteroatoms. The normalized spacial score (nSPS) is 31.0. The van der Waals surface area contributed by atoms with Crippen LogP contribution in [0.25, 0.3) is 0 Å². The van der Waals surface area contributed by atoms with Crippen LogP contribution in [0.1, 0.15) is 19.3 Å². The van der Waals surface area contributed by atoms with E-state index in [-0.39, 0.29) is 36.8 Å². The van der Waals surface area contributed by atoms with E-state index in [9.17, 15) is 14.7 Å². The van der Waals surface area contributed by atoms with E-state index >= 15 is 0 Å². The van der Waals surface area contributed by atoms with E-state index in [1.165, 1.54) is 12.0 Å². The highest BCUT2D eigenvalue weighted by atomic mass is 16.5. The van der Waals surface area contributed by atoms with Crippen LogP contribution in [0.5, 0.6) is 0 Å². The number of carbonyl (C=O) groups is 2. The van der Waals surface area contributed by atoms with Gasteiger partial charge in [0.25, 0.3) is 0 Å². The van der Waals surface area contributed by atoms with Gasteiger partial charge in [0.05, 0.1) is 19.3 Å². The Hall–Kier alpha value is -0.940. The second-order valence-electron chi connectivity index (χ2n) is 4.60. The Morgan fingerprint density at radius 1 is 1.38 bits per heavy atom. The van der Waals surface area contributed by atoms with E-state index in [2.05, 4.69) is 0 Å². The van der Waals surface area contributed by atoms with Crippen molar-refractivity contribution in [3.63, 3.8) is 0 Å². The fraction of sp³-hybridized carbons (Fsp3) is 0.818. The van der Waals surface area contributed by atoms with Gasteiger partial charge in [0.2, 0.25) is 11.8 Å². The summed E-state index contributed by atoms with van der Waals surface area (Å²) in [5, 5.41) is 9.56. The van der Waals surface area contributed by atoms with Crippen LogP contribution in [0.3, 0.4) is 0 Å². The van der Waals surface area contributed by atoms with Gasteiger partial charge in [-0.3, -0.25) is 14.5 Å². The highest BCUT2D eigenvalue weighted by molar-refractivity contribution is 6.00. The van der Waals surface area contributed by atoms with Gasteiger partial charge in [-0.2, -0.15) is 0 Å². The highest BCUT2D eigenvalue weighted by Crippen LogP contribution is 2.38. The topological polar surface area (TPSA) is 66.8 Å². The molecule has 1 saturated carbocycles. The molecule has 16 heavy (non-hydrogen) atoms. The molecule has 3 unspecified atom stereocenters. The van der Waals surface area contributed by atoms with Crippen molar-refractivity contribution >= 4 is 11.8 Å². The summed E-state index contributed by atoms with van der Waals surface area (Å²) >= 11 is 0. The molecule has 2 aliphatic rings. The minimum atomic E-state index is -0.782. The molecule has 0 spiro atoms. The van der Waals surface area contributed by atoms with Crippen LogP contribution in [-0.2, 0) is 14.3 Å². The van der Waals surface area contributed by atoms with Gasteiger partial charge in [0.1, 0.15) is 0 Å². The SMILES string of the molecule is COCC(O)CN1C(=O)C2CCC(C2)C1=O. The summed E-state index contributed by atoms with van der Waals surface area (Å²) in [5.41, 5.74) is 0. The number of β-amino-alcohol motifs (C(OH)–C–C–N with tert-alkyl or cyclic N) is 1. The van der Waals surface area contributed by atoms with Crippen molar-refractivity contribution in [3.05, 3.63) is 0 Å². The molecule has 5 nitrogen and oxygen atoms in total. The largest absolute Gasteiger partial charge is 0.389 e. The lowest BCUT2D eigenvalue weighted by Crippen LogP contribution is -2.49. The summed E-state index contributed by atoms with van der Waals surface area (Å²) in [4.78, 5) is 25.0. The van der Waals surface area contributed by atoms with E-state index in [0.717, 1.165) is 12.8 Å². The van der Waals surface area contributed by atoms with Gasteiger partial charge in [-0.05, 0) is 19.3 Å². The molecule has 1 aliphatic heterocycles. The second-order valence-corrected chi connectivity index (χ2v) is 4.60. The molecule has 0 aromatic heterocycles. The first kappa shape index (κ1) is 11.5. The third kappa shape index (κ3) is 1.97. The third-order valence-electron chi connectivity index (χ3n) is 3.42. The predicted octanol–water partition coefficient (Wildman–Crippen LogP) is -0.221. The van der Waals surface area contributed by atoms with E-state index in [4.69, 9.17) is 4.74 Å². The van der Waals surface area contributed by atoms with Crippen LogP contribution in [0.15, 0.2) is 0 Å². The first-order chi connectivity index (χ1) is 7.63. The lowest BCUT2D eigenvalue weighted by atomic mass is 9.97. The summed E-state index contributed by atoms with van der Waals surface area (Å²) < 4.78 is 4.79. The molecule has 3 atom stereocenters. The Morgan fingerprint density at radius 3 is 2.44 bits per heavy atom. The third-order valence-corrected chi connectivity index (χ3v) is 3.42. The fourth-order valence-corrected chi connectivity index (χ4v) is 2.62. The minimum Gasteiger partial charge on any atom is -0.389 e. The number of rotatable bonds is 4. The zero-order valence-electron chi connectivity index (χ0n) is 9.39. The average molecular weight is 227 g/mol. The molecule has 1 aliphatic carbocycles. The van der Waals surface area contributed by atoms with Crippen molar-refractivity contribution in [1.82, 2.24) is 4.90 Å². The maximum absolute atomic E-state index is 11.9. The molecular weight excluding hydrogens is 210 g/mol. The Balaban J connectivity index is 2.02. The molecule has 2 bridgehead atoms. The molecule has 90 valence electrons. The summed E-state index contributed by atoms with van der Waals surface area (Å²) in [6, 6.07) is 0. The molecule has 1 saturated heterocycles. The van der Waals surface area contributed by atoms with Crippen LogP contribution < -0.4 is 0 Å². The zero-order valence-corrected chi connectivity index (χ0v) is 9.39. The maximum Gasteiger partial charge on any atom is 0.232 e. The monoisotopic (exact) mass is 227 g/mol. The Bertz CT molecular complexity index is 282. The molecule has 2 amide bonds. The lowest BCUT2D eigenvalue weighted by Gasteiger charge is -2.30. The lowest BCUT2D eigenvalue weighted by molar-refractivity contribution is -0.155. The van der Waals surface area contributed by atoms with Crippen LogP contribution in [0.2, 0.25) is 0 Å². The van der Waals surface area contributed by atoms with E-state index in [0.29, 0.717) is 6.42 Å². The highest BCUT2D eigenvalue weighted by Gasteiger charge is 2.45. The summed E-state index contributed by atoms with van der Waals surface area (Å²) in [6.07, 6.45) is 1.54. The number of ether oxygens (including phenoxy) is 1. The van der Waals surface area contributed by atoms with Crippen molar-refractivity contribution in [2.24, 2.45) is 11.8 Å². The molecular formula is C11H17NO4. The summed E-state index contributed by atoms with van der Waals surface area (Å²) in [5.74, 6) is -0.238. The Labute approximate surface area is 94.4 Å². The number of fused-ring (bicyclic) bond motifs is 2. The number of likely N-dealkylation sites (tertiary alicyclic amines) is 1. The van der Waals surface area contributed by atoms with Crippen molar-refractivity contribution in [2.75, 3.05) is 20.3 Å². The van der Waals surface area contributed by atoms with Gasteiger partial charge in [0.15, 0.2) is 0 Å². The number of nitrogens with zero attached hydrogens (tertiary/aromatic N) is 1. The average Bonchev–Trinajstić information content (AvgIpc) is 2.69. The van der Waals surface area contributed by atoms with Crippen LogP contribution >= 0.6 is 0 Å². The number of carbonyl (C=O) groups excluding carboxylic acids is 2. The summed E-state index contributed by atoms with van der Waals surface area (Å²) in [6.45, 7) is 0.213. The van der Waals surface area contributed by atoms with Gasteiger partial charge < -0.3 is 9.84 Å². The van der Waals surface area contributed by atoms with Gasteiger partial charge in [0, 0.05) is 18.9 Å². The maximum atomic E-state index is 11.9. The van der Waals surface area contributed by atoms with Crippen molar-refractivity contribution in [2.45, 2.75) is 25.4 Å². The number of hydrogen-bond acceptors (Lipinski definition) is 4. The quantitative estimate of drug-likeness (QED) is 0.674. The number of aliphatic hydroxyl groups is 1. The fourth-order valence-electron chi connectivity index (χ4n) is 2.62. The molecule has 1 N–H and O–H groups in total. The number of methoxy groups -OCH3 is 1. The first-order valence-corrected chi connectivity index (χ1v) is 5.65. The Kier molecular flexibility index (Phi) is 3.25. The number of aliphatic hydroxyl groups excluding tert-OH is 1. The number of hydrogen-bond donors (Lipinski definition) is 1. The van der Waals surface area contributed by atoms with E-state index in [1.54, 1.807) is 0 Å². The van der Waals surface area contributed by atoms with Crippen molar-refractivity contribution in [1.29, 1.82) is 0 Å². The molecule has 2 fully saturated rings. The first-order valence-electron chi connectivity index (χ1n) is 5.65. The van der Waals surface area contributed by atoms with Gasteiger partial charge in [-0.1, -0.05) is 0 Å². The molecule has 0 aromatic rings. The minimum absolute atomic E-state index is 0.00237. The van der Waals surface area contributed by atoms with Crippen LogP contribution in [0, 0.1) is 11.8 Å². The smallest absolute Gasteiger partial charge is 0.232 e. The number of imide groups is 1. The van der Waals surface area contributed by atoms with E-state index < -0.39 is 6.10 Å². The Morgan fingerprint density at radius 2 is 1.94 bits per heavy atom. The summed E-state index contributed by atoms with van der Waals surface area (Å²) in [7, 11) is 1.48. The van der Waals surface area contributed by atoms with Crippen LogP contribution in [-0.4, -0.2) is 48.2 Å². The second kappa shape index (κ2) is 4.51. The molecule has 0 radical (unpaired) electrons. The number of amides is 2.